The summed E-state index contributed by atoms with van der Waals surface area (Å²) < 4.78 is 0. The predicted molar refractivity (Wildman–Crippen MR) is 57.4 cm³/mol. The summed E-state index contributed by atoms with van der Waals surface area (Å²) in [5.41, 5.74) is 6.30. The molecule has 1 amide bonds. The van der Waals surface area contributed by atoms with Gasteiger partial charge >= 0.3 is 0 Å². The molecule has 0 radical (unpaired) electrons. The molecule has 0 aliphatic carbocycles. The molecule has 1 rings (SSSR count). The van der Waals surface area contributed by atoms with Gasteiger partial charge in [0.25, 0.3) is 5.91 Å². The molecule has 0 aliphatic rings. The Hall–Kier alpha value is -1.49. The van der Waals surface area contributed by atoms with Crippen LogP contribution in [0.15, 0.2) is 12.3 Å². The molecule has 0 spiro atoms. The highest BCUT2D eigenvalue weighted by Crippen LogP contribution is 2.03. The Morgan fingerprint density at radius 2 is 2.27 bits per heavy atom. The lowest BCUT2D eigenvalue weighted by atomic mass is 10.1. The number of nitrogens with two attached hydrogens (primary N) is 1. The summed E-state index contributed by atoms with van der Waals surface area (Å²) in [6, 6.07) is 1.69. The number of hydrogen-bond acceptors (Lipinski definition) is 4. The molecule has 15 heavy (non-hydrogen) atoms. The van der Waals surface area contributed by atoms with Crippen LogP contribution < -0.4 is 11.1 Å². The highest BCUT2D eigenvalue weighted by Gasteiger charge is 2.20. The van der Waals surface area contributed by atoms with Gasteiger partial charge in [0, 0.05) is 12.1 Å². The van der Waals surface area contributed by atoms with Crippen molar-refractivity contribution >= 4 is 5.91 Å². The van der Waals surface area contributed by atoms with E-state index in [9.17, 15) is 4.79 Å². The Balaban J connectivity index is 2.78. The van der Waals surface area contributed by atoms with Crippen LogP contribution in [0.2, 0.25) is 0 Å². The monoisotopic (exact) mass is 208 g/mol. The van der Waals surface area contributed by atoms with Gasteiger partial charge in [-0.15, -0.1) is 5.10 Å². The van der Waals surface area contributed by atoms with E-state index >= 15 is 0 Å². The summed E-state index contributed by atoms with van der Waals surface area (Å²) in [6.45, 7) is 5.94. The molecule has 0 unspecified atom stereocenters. The fraction of sp³-hybridized carbons (Fsp3) is 0.500. The number of hydrogen-bond donors (Lipinski definition) is 2. The second kappa shape index (κ2) is 4.35. The van der Waals surface area contributed by atoms with E-state index in [0.717, 1.165) is 5.56 Å². The number of nitrogens with zero attached hydrogens (tertiary/aromatic N) is 2. The fourth-order valence-electron chi connectivity index (χ4n) is 0.997. The second-order valence-electron chi connectivity index (χ2n) is 4.16. The number of rotatable bonds is 3. The van der Waals surface area contributed by atoms with Gasteiger partial charge in [0.05, 0.1) is 6.20 Å². The van der Waals surface area contributed by atoms with Gasteiger partial charge in [-0.3, -0.25) is 4.79 Å². The molecule has 0 aliphatic heterocycles. The van der Waals surface area contributed by atoms with Crippen LogP contribution in [-0.2, 0) is 0 Å². The minimum atomic E-state index is -0.428. The Bertz CT molecular complexity index is 362. The van der Waals surface area contributed by atoms with E-state index in [2.05, 4.69) is 15.5 Å². The van der Waals surface area contributed by atoms with Gasteiger partial charge in [-0.25, -0.2) is 0 Å². The first-order valence-corrected chi connectivity index (χ1v) is 4.76. The minimum absolute atomic E-state index is 0.248. The van der Waals surface area contributed by atoms with E-state index in [0.29, 0.717) is 12.2 Å². The van der Waals surface area contributed by atoms with Crippen LogP contribution in [0.5, 0.6) is 0 Å². The molecule has 5 heteroatoms. The van der Waals surface area contributed by atoms with Crippen LogP contribution in [0.25, 0.3) is 0 Å². The first-order chi connectivity index (χ1) is 6.94. The fourth-order valence-corrected chi connectivity index (χ4v) is 0.997. The molecule has 0 aromatic carbocycles. The smallest absolute Gasteiger partial charge is 0.272 e. The van der Waals surface area contributed by atoms with Gasteiger partial charge in [-0.05, 0) is 32.4 Å². The molecule has 1 heterocycles. The van der Waals surface area contributed by atoms with Gasteiger partial charge in [0.2, 0.25) is 0 Å². The standard InChI is InChI=1S/C10H16N4O/c1-7-4-8(14-12-5-7)9(15)13-10(2,3)6-11/h4-5H,6,11H2,1-3H3,(H,13,15). The molecule has 82 valence electrons. The summed E-state index contributed by atoms with van der Waals surface area (Å²) in [5, 5.41) is 10.3. The zero-order valence-corrected chi connectivity index (χ0v) is 9.24. The van der Waals surface area contributed by atoms with Crippen LogP contribution in [-0.4, -0.2) is 28.2 Å². The lowest BCUT2D eigenvalue weighted by Gasteiger charge is -2.23. The quantitative estimate of drug-likeness (QED) is 0.746. The molecule has 0 fully saturated rings. The van der Waals surface area contributed by atoms with E-state index in [1.165, 1.54) is 0 Å². The van der Waals surface area contributed by atoms with Crippen molar-refractivity contribution in [2.45, 2.75) is 26.3 Å². The van der Waals surface area contributed by atoms with Crippen LogP contribution in [0.3, 0.4) is 0 Å². The Labute approximate surface area is 89.1 Å². The van der Waals surface area contributed by atoms with Crippen LogP contribution in [0.4, 0.5) is 0 Å². The third kappa shape index (κ3) is 3.28. The maximum Gasteiger partial charge on any atom is 0.272 e. The molecule has 0 atom stereocenters. The third-order valence-electron chi connectivity index (χ3n) is 1.99. The van der Waals surface area contributed by atoms with E-state index in [1.54, 1.807) is 12.3 Å². The third-order valence-corrected chi connectivity index (χ3v) is 1.99. The molecule has 0 saturated heterocycles. The Kier molecular flexibility index (Phi) is 3.36. The van der Waals surface area contributed by atoms with Crippen molar-refractivity contribution in [1.82, 2.24) is 15.5 Å². The predicted octanol–water partition coefficient (Wildman–Crippen LogP) is 0.252. The van der Waals surface area contributed by atoms with Crippen molar-refractivity contribution in [1.29, 1.82) is 0 Å². The van der Waals surface area contributed by atoms with Gasteiger partial charge in [0.15, 0.2) is 5.69 Å². The highest BCUT2D eigenvalue weighted by atomic mass is 16.2. The zero-order chi connectivity index (χ0) is 11.5. The van der Waals surface area contributed by atoms with E-state index in [4.69, 9.17) is 5.73 Å². The maximum atomic E-state index is 11.7. The molecule has 3 N–H and O–H groups in total. The topological polar surface area (TPSA) is 80.9 Å². The number of carbonyl (C=O) groups excluding carboxylic acids is 1. The van der Waals surface area contributed by atoms with Crippen LogP contribution in [0, 0.1) is 6.92 Å². The van der Waals surface area contributed by atoms with Gasteiger partial charge < -0.3 is 11.1 Å². The van der Waals surface area contributed by atoms with Crippen molar-refractivity contribution in [2.75, 3.05) is 6.54 Å². The summed E-state index contributed by atoms with van der Waals surface area (Å²) in [5.74, 6) is -0.248. The number of amides is 1. The maximum absolute atomic E-state index is 11.7. The average Bonchev–Trinajstić information content (AvgIpc) is 2.17. The zero-order valence-electron chi connectivity index (χ0n) is 9.24. The van der Waals surface area contributed by atoms with Crippen molar-refractivity contribution in [3.8, 4) is 0 Å². The van der Waals surface area contributed by atoms with E-state index < -0.39 is 5.54 Å². The molecule has 1 aromatic rings. The molecular formula is C10H16N4O. The van der Waals surface area contributed by atoms with Crippen molar-refractivity contribution < 1.29 is 4.79 Å². The van der Waals surface area contributed by atoms with Crippen molar-refractivity contribution in [3.05, 3.63) is 23.5 Å². The molecule has 0 saturated carbocycles. The largest absolute Gasteiger partial charge is 0.344 e. The van der Waals surface area contributed by atoms with Crippen LogP contribution >= 0.6 is 0 Å². The summed E-state index contributed by atoms with van der Waals surface area (Å²) in [6.07, 6.45) is 1.60. The van der Waals surface area contributed by atoms with E-state index in [-0.39, 0.29) is 5.91 Å². The molecular weight excluding hydrogens is 192 g/mol. The number of aryl methyl sites for hydroxylation is 1. The van der Waals surface area contributed by atoms with E-state index in [1.807, 2.05) is 20.8 Å². The van der Waals surface area contributed by atoms with Gasteiger partial charge in [-0.1, -0.05) is 0 Å². The lowest BCUT2D eigenvalue weighted by molar-refractivity contribution is 0.0909. The number of aromatic nitrogens is 2. The highest BCUT2D eigenvalue weighted by molar-refractivity contribution is 5.92. The van der Waals surface area contributed by atoms with Crippen molar-refractivity contribution in [3.63, 3.8) is 0 Å². The normalized spacial score (nSPS) is 11.2. The van der Waals surface area contributed by atoms with Gasteiger partial charge in [0.1, 0.15) is 0 Å². The molecule has 0 bridgehead atoms. The summed E-state index contributed by atoms with van der Waals surface area (Å²) >= 11 is 0. The molecule has 1 aromatic heterocycles. The van der Waals surface area contributed by atoms with Crippen LogP contribution in [0.1, 0.15) is 29.9 Å². The average molecular weight is 208 g/mol. The minimum Gasteiger partial charge on any atom is -0.344 e. The first kappa shape index (κ1) is 11.6. The summed E-state index contributed by atoms with van der Waals surface area (Å²) in [4.78, 5) is 11.7. The lowest BCUT2D eigenvalue weighted by Crippen LogP contribution is -2.49. The number of carbonyl (C=O) groups is 1. The second-order valence-corrected chi connectivity index (χ2v) is 4.16. The first-order valence-electron chi connectivity index (χ1n) is 4.76. The molecule has 5 nitrogen and oxygen atoms in total. The van der Waals surface area contributed by atoms with Gasteiger partial charge in [-0.2, -0.15) is 5.10 Å². The number of nitrogens with one attached hydrogen (secondary N) is 1. The SMILES string of the molecule is Cc1cnnc(C(=O)NC(C)(C)CN)c1. The Morgan fingerprint density at radius 3 is 2.80 bits per heavy atom. The summed E-state index contributed by atoms with van der Waals surface area (Å²) in [7, 11) is 0. The Morgan fingerprint density at radius 1 is 1.60 bits per heavy atom. The van der Waals surface area contributed by atoms with Crippen molar-refractivity contribution in [2.24, 2.45) is 5.73 Å².